The predicted octanol–water partition coefficient (Wildman–Crippen LogP) is 6.84. The zero-order valence-corrected chi connectivity index (χ0v) is 19.6. The molecule has 0 spiro atoms. The number of methoxy groups -OCH3 is 1. The highest BCUT2D eigenvalue weighted by Gasteiger charge is 2.34. The van der Waals surface area contributed by atoms with Crippen molar-refractivity contribution in [3.05, 3.63) is 119 Å². The molecule has 4 aromatic rings. The molecule has 1 aliphatic heterocycles. The summed E-state index contributed by atoms with van der Waals surface area (Å²) in [5.74, 6) is 0.799. The van der Waals surface area contributed by atoms with E-state index in [2.05, 4.69) is 5.32 Å². The van der Waals surface area contributed by atoms with Gasteiger partial charge in [0.05, 0.1) is 12.7 Å². The van der Waals surface area contributed by atoms with Gasteiger partial charge in [0.1, 0.15) is 30.1 Å². The molecule has 5 nitrogen and oxygen atoms in total. The quantitative estimate of drug-likeness (QED) is 0.323. The van der Waals surface area contributed by atoms with E-state index in [0.29, 0.717) is 27.8 Å². The monoisotopic (exact) mass is 488 g/mol. The Bertz CT molecular complexity index is 1360. The van der Waals surface area contributed by atoms with E-state index < -0.39 is 6.17 Å². The van der Waals surface area contributed by atoms with Gasteiger partial charge in [0.25, 0.3) is 5.91 Å². The lowest BCUT2D eigenvalue weighted by Crippen LogP contribution is -2.43. The zero-order valence-electron chi connectivity index (χ0n) is 18.9. The second-order valence-corrected chi connectivity index (χ2v) is 8.49. The predicted molar refractivity (Wildman–Crippen MR) is 135 cm³/mol. The Kier molecular flexibility index (Phi) is 6.29. The van der Waals surface area contributed by atoms with Gasteiger partial charge in [-0.25, -0.2) is 4.39 Å². The average Bonchev–Trinajstić information content (AvgIpc) is 2.89. The molecule has 0 saturated carbocycles. The lowest BCUT2D eigenvalue weighted by molar-refractivity contribution is 0.0975. The van der Waals surface area contributed by atoms with Gasteiger partial charge in [0.2, 0.25) is 0 Å². The molecule has 0 bridgehead atoms. The van der Waals surface area contributed by atoms with Crippen molar-refractivity contribution >= 4 is 28.9 Å². The number of carbonyl (C=O) groups excluding carboxylic acids is 1. The van der Waals surface area contributed by atoms with Crippen molar-refractivity contribution in [3.63, 3.8) is 0 Å². The lowest BCUT2D eigenvalue weighted by atomic mass is 10.0. The highest BCUT2D eigenvalue weighted by molar-refractivity contribution is 6.30. The number of hydrogen-bond donors (Lipinski definition) is 1. The number of hydrogen-bond acceptors (Lipinski definition) is 4. The molecule has 1 amide bonds. The molecule has 1 heterocycles. The maximum Gasteiger partial charge on any atom is 0.262 e. The highest BCUT2D eigenvalue weighted by Crippen LogP contribution is 2.38. The molecule has 1 atom stereocenters. The van der Waals surface area contributed by atoms with Crippen LogP contribution in [0.1, 0.15) is 27.7 Å². The molecule has 1 unspecified atom stereocenters. The SMILES string of the molecule is COc1ccc(C2Nc3ccccc3C(=O)N2c2ccc(F)cc2)cc1COc1ccc(Cl)cc1. The summed E-state index contributed by atoms with van der Waals surface area (Å²) in [5.41, 5.74) is 3.50. The fraction of sp³-hybridized carbons (Fsp3) is 0.107. The summed E-state index contributed by atoms with van der Waals surface area (Å²) in [4.78, 5) is 15.2. The van der Waals surface area contributed by atoms with E-state index in [1.807, 2.05) is 36.4 Å². The van der Waals surface area contributed by atoms with Crippen LogP contribution in [-0.2, 0) is 6.61 Å². The van der Waals surface area contributed by atoms with Crippen molar-refractivity contribution < 1.29 is 18.7 Å². The minimum absolute atomic E-state index is 0.175. The number of para-hydroxylation sites is 1. The van der Waals surface area contributed by atoms with E-state index in [-0.39, 0.29) is 18.3 Å². The first-order chi connectivity index (χ1) is 17.0. The van der Waals surface area contributed by atoms with E-state index in [1.54, 1.807) is 54.5 Å². The Morgan fingerprint density at radius 2 is 1.71 bits per heavy atom. The largest absolute Gasteiger partial charge is 0.496 e. The molecule has 176 valence electrons. The Morgan fingerprint density at radius 1 is 0.971 bits per heavy atom. The summed E-state index contributed by atoms with van der Waals surface area (Å²) in [5, 5.41) is 4.10. The van der Waals surface area contributed by atoms with E-state index in [9.17, 15) is 9.18 Å². The third kappa shape index (κ3) is 4.66. The first kappa shape index (κ1) is 22.7. The number of benzene rings is 4. The number of amides is 1. The molecule has 0 saturated heterocycles. The smallest absolute Gasteiger partial charge is 0.262 e. The van der Waals surface area contributed by atoms with Crippen LogP contribution in [0.4, 0.5) is 15.8 Å². The van der Waals surface area contributed by atoms with Crippen molar-refractivity contribution in [3.8, 4) is 11.5 Å². The topological polar surface area (TPSA) is 50.8 Å². The first-order valence-corrected chi connectivity index (χ1v) is 11.4. The van der Waals surface area contributed by atoms with Crippen LogP contribution in [0, 0.1) is 5.82 Å². The van der Waals surface area contributed by atoms with Crippen LogP contribution in [0.15, 0.2) is 91.0 Å². The molecule has 0 radical (unpaired) electrons. The van der Waals surface area contributed by atoms with Crippen molar-refractivity contribution in [1.29, 1.82) is 0 Å². The Balaban J connectivity index is 1.52. The molecule has 1 aliphatic rings. The van der Waals surface area contributed by atoms with Crippen LogP contribution in [0.25, 0.3) is 0 Å². The summed E-state index contributed by atoms with van der Waals surface area (Å²) in [7, 11) is 1.60. The van der Waals surface area contributed by atoms with Crippen LogP contribution in [0.2, 0.25) is 5.02 Å². The molecule has 5 rings (SSSR count). The number of anilines is 2. The molecular formula is C28H22ClFN2O3. The number of carbonyl (C=O) groups is 1. The number of nitrogens with zero attached hydrogens (tertiary/aromatic N) is 1. The Hall–Kier alpha value is -4.03. The van der Waals surface area contributed by atoms with Crippen molar-refractivity contribution in [2.75, 3.05) is 17.3 Å². The van der Waals surface area contributed by atoms with Gasteiger partial charge in [0.15, 0.2) is 0 Å². The lowest BCUT2D eigenvalue weighted by Gasteiger charge is -2.38. The van der Waals surface area contributed by atoms with E-state index >= 15 is 0 Å². The standard InChI is InChI=1S/C28H22ClFN2O3/c1-34-26-15-6-18(16-19(26)17-35-23-13-7-20(29)8-14-23)27-31-25-5-3-2-4-24(25)28(33)32(27)22-11-9-21(30)10-12-22/h2-16,27,31H,17H2,1H3. The maximum absolute atomic E-state index is 13.6. The second-order valence-electron chi connectivity index (χ2n) is 8.06. The van der Waals surface area contributed by atoms with Crippen molar-refractivity contribution in [2.45, 2.75) is 12.8 Å². The van der Waals surface area contributed by atoms with Crippen LogP contribution in [0.5, 0.6) is 11.5 Å². The van der Waals surface area contributed by atoms with Crippen molar-refractivity contribution in [1.82, 2.24) is 0 Å². The Labute approximate surface area is 207 Å². The molecule has 35 heavy (non-hydrogen) atoms. The van der Waals surface area contributed by atoms with E-state index in [4.69, 9.17) is 21.1 Å². The molecule has 7 heteroatoms. The minimum Gasteiger partial charge on any atom is -0.496 e. The maximum atomic E-state index is 13.6. The molecular weight excluding hydrogens is 467 g/mol. The van der Waals surface area contributed by atoms with Gasteiger partial charge in [0, 0.05) is 22.0 Å². The van der Waals surface area contributed by atoms with Gasteiger partial charge in [-0.15, -0.1) is 0 Å². The van der Waals surface area contributed by atoms with Gasteiger partial charge in [-0.3, -0.25) is 9.69 Å². The third-order valence-electron chi connectivity index (χ3n) is 5.86. The third-order valence-corrected chi connectivity index (χ3v) is 6.11. The summed E-state index contributed by atoms with van der Waals surface area (Å²) in [6.07, 6.45) is -0.525. The highest BCUT2D eigenvalue weighted by atomic mass is 35.5. The van der Waals surface area contributed by atoms with Crippen molar-refractivity contribution in [2.24, 2.45) is 0 Å². The number of fused-ring (bicyclic) bond motifs is 1. The molecule has 0 fully saturated rings. The molecule has 0 aromatic heterocycles. The summed E-state index contributed by atoms with van der Waals surface area (Å²) >= 11 is 5.97. The summed E-state index contributed by atoms with van der Waals surface area (Å²) in [6, 6.07) is 26.1. The molecule has 1 N–H and O–H groups in total. The minimum atomic E-state index is -0.525. The van der Waals surface area contributed by atoms with E-state index in [1.165, 1.54) is 12.1 Å². The van der Waals surface area contributed by atoms with Crippen LogP contribution in [0.3, 0.4) is 0 Å². The number of rotatable bonds is 6. The van der Waals surface area contributed by atoms with Crippen LogP contribution >= 0.6 is 11.6 Å². The first-order valence-electron chi connectivity index (χ1n) is 11.0. The zero-order chi connectivity index (χ0) is 24.4. The van der Waals surface area contributed by atoms with Gasteiger partial charge >= 0.3 is 0 Å². The fourth-order valence-electron chi connectivity index (χ4n) is 4.13. The number of ether oxygens (including phenoxy) is 2. The second kappa shape index (κ2) is 9.68. The van der Waals surface area contributed by atoms with Gasteiger partial charge in [-0.1, -0.05) is 29.8 Å². The fourth-order valence-corrected chi connectivity index (χ4v) is 4.25. The molecule has 4 aromatic carbocycles. The summed E-state index contributed by atoms with van der Waals surface area (Å²) in [6.45, 7) is 0.256. The van der Waals surface area contributed by atoms with Gasteiger partial charge in [-0.05, 0) is 78.4 Å². The normalized spacial score (nSPS) is 14.8. The molecule has 0 aliphatic carbocycles. The Morgan fingerprint density at radius 3 is 2.46 bits per heavy atom. The summed E-state index contributed by atoms with van der Waals surface area (Å²) < 4.78 is 25.1. The van der Waals surface area contributed by atoms with E-state index in [0.717, 1.165) is 16.8 Å². The average molecular weight is 489 g/mol. The number of halogens is 2. The van der Waals surface area contributed by atoms with Crippen LogP contribution < -0.4 is 19.7 Å². The van der Waals surface area contributed by atoms with Gasteiger partial charge in [-0.2, -0.15) is 0 Å². The van der Waals surface area contributed by atoms with Gasteiger partial charge < -0.3 is 14.8 Å². The van der Waals surface area contributed by atoms with Crippen LogP contribution in [-0.4, -0.2) is 13.0 Å². The number of nitrogens with one attached hydrogen (secondary N) is 1.